The van der Waals surface area contributed by atoms with Gasteiger partial charge < -0.3 is 4.90 Å². The second-order valence-electron chi connectivity index (χ2n) is 6.82. The van der Waals surface area contributed by atoms with Crippen LogP contribution in [0.2, 0.25) is 5.02 Å². The first-order chi connectivity index (χ1) is 10.7. The summed E-state index contributed by atoms with van der Waals surface area (Å²) in [6.45, 7) is 2.17. The van der Waals surface area contributed by atoms with Crippen LogP contribution in [0, 0.1) is 5.92 Å². The fraction of sp³-hybridized carbons (Fsp3) is 0.368. The summed E-state index contributed by atoms with van der Waals surface area (Å²) in [7, 11) is 2.27. The van der Waals surface area contributed by atoms with Crippen molar-refractivity contribution in [3.63, 3.8) is 0 Å². The van der Waals surface area contributed by atoms with E-state index in [9.17, 15) is 0 Å². The second-order valence-corrected chi connectivity index (χ2v) is 7.25. The summed E-state index contributed by atoms with van der Waals surface area (Å²) < 4.78 is 0. The van der Waals surface area contributed by atoms with E-state index in [0.717, 1.165) is 24.5 Å². The molecule has 0 saturated carbocycles. The molecule has 0 amide bonds. The second kappa shape index (κ2) is 4.50. The zero-order valence-corrected chi connectivity index (χ0v) is 13.5. The minimum atomic E-state index is 0.546. The molecule has 2 atom stereocenters. The van der Waals surface area contributed by atoms with E-state index in [0.29, 0.717) is 12.0 Å². The van der Waals surface area contributed by atoms with E-state index >= 15 is 0 Å². The lowest BCUT2D eigenvalue weighted by Gasteiger charge is -2.41. The number of allylic oxidation sites excluding steroid dienone is 5. The summed E-state index contributed by atoms with van der Waals surface area (Å²) in [5.74, 6) is 0.591. The first kappa shape index (κ1) is 13.0. The smallest absolute Gasteiger partial charge is 0.0510 e. The van der Waals surface area contributed by atoms with Gasteiger partial charge in [-0.2, -0.15) is 0 Å². The largest absolute Gasteiger partial charge is 0.342 e. The van der Waals surface area contributed by atoms with Gasteiger partial charge in [-0.15, -0.1) is 0 Å². The maximum atomic E-state index is 6.31. The molecule has 3 heteroatoms. The molecular weight excluding hydrogens is 292 g/mol. The fourth-order valence-corrected chi connectivity index (χ4v) is 4.77. The predicted molar refractivity (Wildman–Crippen MR) is 91.3 cm³/mol. The Morgan fingerprint density at radius 3 is 3.05 bits per heavy atom. The first-order valence-electron chi connectivity index (χ1n) is 8.10. The molecule has 0 radical (unpaired) electrons. The van der Waals surface area contributed by atoms with Gasteiger partial charge in [0.1, 0.15) is 0 Å². The number of piperazine rings is 1. The van der Waals surface area contributed by atoms with Gasteiger partial charge in [0.2, 0.25) is 0 Å². The molecule has 0 spiro atoms. The number of fused-ring (bicyclic) bond motifs is 2. The summed E-state index contributed by atoms with van der Waals surface area (Å²) in [5.41, 5.74) is 7.36. The lowest BCUT2D eigenvalue weighted by Crippen LogP contribution is -2.48. The van der Waals surface area contributed by atoms with E-state index in [-0.39, 0.29) is 0 Å². The molecule has 1 aromatic rings. The van der Waals surface area contributed by atoms with Crippen LogP contribution in [0.4, 0.5) is 5.69 Å². The van der Waals surface area contributed by atoms with Gasteiger partial charge in [0.25, 0.3) is 0 Å². The zero-order valence-electron chi connectivity index (χ0n) is 12.7. The summed E-state index contributed by atoms with van der Waals surface area (Å²) in [6.07, 6.45) is 9.21. The van der Waals surface area contributed by atoms with Gasteiger partial charge in [-0.25, -0.2) is 0 Å². The van der Waals surface area contributed by atoms with E-state index in [1.54, 1.807) is 5.57 Å². The van der Waals surface area contributed by atoms with Gasteiger partial charge in [0.05, 0.1) is 6.04 Å². The highest BCUT2D eigenvalue weighted by Crippen LogP contribution is 2.49. The monoisotopic (exact) mass is 310 g/mol. The van der Waals surface area contributed by atoms with Crippen LogP contribution in [-0.4, -0.2) is 31.1 Å². The highest BCUT2D eigenvalue weighted by molar-refractivity contribution is 6.30. The van der Waals surface area contributed by atoms with Gasteiger partial charge in [0, 0.05) is 35.4 Å². The Balaban J connectivity index is 1.78. The minimum absolute atomic E-state index is 0.546. The lowest BCUT2D eigenvalue weighted by atomic mass is 9.87. The molecule has 2 aliphatic heterocycles. The third-order valence-corrected chi connectivity index (χ3v) is 5.88. The average Bonchev–Trinajstić information content (AvgIpc) is 2.84. The molecule has 1 saturated heterocycles. The van der Waals surface area contributed by atoms with Crippen molar-refractivity contribution >= 4 is 17.3 Å². The Hall–Kier alpha value is -1.51. The number of benzene rings is 1. The first-order valence-corrected chi connectivity index (χ1v) is 8.48. The van der Waals surface area contributed by atoms with Gasteiger partial charge >= 0.3 is 0 Å². The van der Waals surface area contributed by atoms with E-state index in [1.807, 2.05) is 6.07 Å². The van der Waals surface area contributed by atoms with Crippen LogP contribution < -0.4 is 4.90 Å². The highest BCUT2D eigenvalue weighted by Gasteiger charge is 2.43. The summed E-state index contributed by atoms with van der Waals surface area (Å²) in [4.78, 5) is 5.08. The molecule has 0 unspecified atom stereocenters. The van der Waals surface area contributed by atoms with Crippen molar-refractivity contribution in [1.82, 2.24) is 4.90 Å². The molecule has 2 nitrogen and oxygen atoms in total. The van der Waals surface area contributed by atoms with Crippen molar-refractivity contribution in [2.24, 2.45) is 5.92 Å². The number of anilines is 1. The predicted octanol–water partition coefficient (Wildman–Crippen LogP) is 3.79. The minimum Gasteiger partial charge on any atom is -0.342 e. The summed E-state index contributed by atoms with van der Waals surface area (Å²) >= 11 is 6.31. The molecule has 112 valence electrons. The van der Waals surface area contributed by atoms with Crippen molar-refractivity contribution in [3.8, 4) is 0 Å². The Bertz CT molecular complexity index is 759. The van der Waals surface area contributed by atoms with Crippen molar-refractivity contribution in [2.75, 3.05) is 25.0 Å². The van der Waals surface area contributed by atoms with E-state index < -0.39 is 0 Å². The number of halogens is 1. The Labute approximate surface area is 136 Å². The summed E-state index contributed by atoms with van der Waals surface area (Å²) in [5, 5.41) is 0.839. The molecule has 2 aliphatic carbocycles. The van der Waals surface area contributed by atoms with Crippen molar-refractivity contribution in [3.05, 3.63) is 63.9 Å². The fourth-order valence-electron chi connectivity index (χ4n) is 4.61. The molecule has 0 N–H and O–H groups in total. The molecule has 0 bridgehead atoms. The van der Waals surface area contributed by atoms with Crippen LogP contribution in [0.25, 0.3) is 0 Å². The topological polar surface area (TPSA) is 6.48 Å². The van der Waals surface area contributed by atoms with Crippen LogP contribution in [0.15, 0.2) is 53.3 Å². The molecule has 22 heavy (non-hydrogen) atoms. The molecule has 0 aromatic heterocycles. The number of nitrogens with zero attached hydrogens (tertiary/aromatic N) is 2. The molecule has 5 rings (SSSR count). The van der Waals surface area contributed by atoms with Crippen LogP contribution >= 0.6 is 11.6 Å². The zero-order chi connectivity index (χ0) is 14.8. The lowest BCUT2D eigenvalue weighted by molar-refractivity contribution is 0.244. The van der Waals surface area contributed by atoms with Crippen molar-refractivity contribution < 1.29 is 0 Å². The van der Waals surface area contributed by atoms with Crippen LogP contribution in [0.3, 0.4) is 0 Å². The van der Waals surface area contributed by atoms with Gasteiger partial charge in [-0.1, -0.05) is 35.9 Å². The maximum absolute atomic E-state index is 6.31. The SMILES string of the molecule is CN1CCN2C3=C4C(=CC=C[C@@H]4C[C@H]31)Cc1ccc(Cl)cc12. The Morgan fingerprint density at radius 2 is 2.14 bits per heavy atom. The maximum Gasteiger partial charge on any atom is 0.0510 e. The molecule has 1 fully saturated rings. The van der Waals surface area contributed by atoms with Gasteiger partial charge in [0.15, 0.2) is 0 Å². The van der Waals surface area contributed by atoms with E-state index in [4.69, 9.17) is 11.6 Å². The summed E-state index contributed by atoms with van der Waals surface area (Å²) in [6, 6.07) is 6.94. The number of hydrogen-bond donors (Lipinski definition) is 0. The third-order valence-electron chi connectivity index (χ3n) is 5.64. The number of likely N-dealkylation sites (N-methyl/N-ethyl adjacent to an activating group) is 1. The van der Waals surface area contributed by atoms with Crippen LogP contribution in [0.1, 0.15) is 12.0 Å². The number of hydrogen-bond acceptors (Lipinski definition) is 2. The van der Waals surface area contributed by atoms with Gasteiger partial charge in [-0.05, 0) is 48.7 Å². The van der Waals surface area contributed by atoms with Crippen molar-refractivity contribution in [1.29, 1.82) is 0 Å². The molecule has 4 aliphatic rings. The van der Waals surface area contributed by atoms with Crippen LogP contribution in [0.5, 0.6) is 0 Å². The normalized spacial score (nSPS) is 29.2. The highest BCUT2D eigenvalue weighted by atomic mass is 35.5. The Morgan fingerprint density at radius 1 is 1.23 bits per heavy atom. The quantitative estimate of drug-likeness (QED) is 0.719. The van der Waals surface area contributed by atoms with E-state index in [2.05, 4.69) is 47.2 Å². The van der Waals surface area contributed by atoms with Crippen LogP contribution in [-0.2, 0) is 6.42 Å². The average molecular weight is 311 g/mol. The molecule has 2 heterocycles. The standard InChI is InChI=1S/C19H19ClN2/c1-21-7-8-22-16-11-15(20)6-5-12(16)9-13-3-2-4-14-10-17(21)19(22)18(13)14/h2-6,11,14,17H,7-10H2,1H3/t14-,17-/m1/s1. The third kappa shape index (κ3) is 1.65. The van der Waals surface area contributed by atoms with Crippen molar-refractivity contribution in [2.45, 2.75) is 18.9 Å². The Kier molecular flexibility index (Phi) is 2.65. The molecule has 1 aromatic carbocycles. The van der Waals surface area contributed by atoms with E-state index in [1.165, 1.54) is 28.9 Å². The number of rotatable bonds is 0. The molecular formula is C19H19ClN2. The van der Waals surface area contributed by atoms with Gasteiger partial charge in [-0.3, -0.25) is 4.90 Å².